The van der Waals surface area contributed by atoms with Crippen molar-refractivity contribution in [3.05, 3.63) is 6.20 Å². The number of nitrogens with two attached hydrogens (primary N) is 1. The Morgan fingerprint density at radius 1 is 1.38 bits per heavy atom. The standard InChI is InChI=1S/C9H18N4/c1-3-5-13(6-4-2)8-7-11-12-9(8)10/h7H,3-6H2,1-2H3,(H3,10,11,12). The van der Waals surface area contributed by atoms with Gasteiger partial charge in [0.2, 0.25) is 0 Å². The summed E-state index contributed by atoms with van der Waals surface area (Å²) in [4.78, 5) is 2.26. The van der Waals surface area contributed by atoms with Crippen molar-refractivity contribution in [2.45, 2.75) is 26.7 Å². The van der Waals surface area contributed by atoms with Gasteiger partial charge in [0.25, 0.3) is 0 Å². The van der Waals surface area contributed by atoms with E-state index in [2.05, 4.69) is 28.9 Å². The first-order valence-electron chi connectivity index (χ1n) is 4.83. The van der Waals surface area contributed by atoms with E-state index in [1.165, 1.54) is 0 Å². The highest BCUT2D eigenvalue weighted by Crippen LogP contribution is 2.19. The topological polar surface area (TPSA) is 57.9 Å². The lowest BCUT2D eigenvalue weighted by molar-refractivity contribution is 0.746. The summed E-state index contributed by atoms with van der Waals surface area (Å²) in [6, 6.07) is 0. The Hall–Kier alpha value is -1.19. The summed E-state index contributed by atoms with van der Waals surface area (Å²) < 4.78 is 0. The summed E-state index contributed by atoms with van der Waals surface area (Å²) in [6.07, 6.45) is 4.05. The van der Waals surface area contributed by atoms with Crippen LogP contribution in [0.5, 0.6) is 0 Å². The van der Waals surface area contributed by atoms with Crippen LogP contribution in [0.3, 0.4) is 0 Å². The smallest absolute Gasteiger partial charge is 0.142 e. The number of rotatable bonds is 5. The summed E-state index contributed by atoms with van der Waals surface area (Å²) in [5, 5.41) is 6.67. The minimum atomic E-state index is 0.668. The molecule has 0 aliphatic heterocycles. The number of hydrogen-bond donors (Lipinski definition) is 2. The van der Waals surface area contributed by atoms with Crippen LogP contribution in [-0.4, -0.2) is 23.3 Å². The van der Waals surface area contributed by atoms with Gasteiger partial charge in [-0.05, 0) is 12.8 Å². The van der Waals surface area contributed by atoms with Crippen molar-refractivity contribution in [2.75, 3.05) is 23.7 Å². The fourth-order valence-corrected chi connectivity index (χ4v) is 1.43. The molecule has 0 aromatic carbocycles. The van der Waals surface area contributed by atoms with Gasteiger partial charge in [-0.1, -0.05) is 13.8 Å². The largest absolute Gasteiger partial charge is 0.382 e. The van der Waals surface area contributed by atoms with Crippen LogP contribution in [0.1, 0.15) is 26.7 Å². The third-order valence-electron chi connectivity index (χ3n) is 1.98. The molecule has 1 aromatic rings. The van der Waals surface area contributed by atoms with Crippen LogP contribution in [-0.2, 0) is 0 Å². The van der Waals surface area contributed by atoms with Gasteiger partial charge < -0.3 is 10.6 Å². The second-order valence-electron chi connectivity index (χ2n) is 3.16. The summed E-state index contributed by atoms with van der Waals surface area (Å²) in [6.45, 7) is 6.41. The molecular weight excluding hydrogens is 164 g/mol. The second kappa shape index (κ2) is 4.74. The van der Waals surface area contributed by atoms with Crippen molar-refractivity contribution >= 4 is 11.5 Å². The summed E-state index contributed by atoms with van der Waals surface area (Å²) in [7, 11) is 0. The number of hydrogen-bond acceptors (Lipinski definition) is 3. The van der Waals surface area contributed by atoms with Gasteiger partial charge in [0.15, 0.2) is 0 Å². The third-order valence-corrected chi connectivity index (χ3v) is 1.98. The Morgan fingerprint density at radius 3 is 2.38 bits per heavy atom. The van der Waals surface area contributed by atoms with Gasteiger partial charge in [0.1, 0.15) is 5.82 Å². The first kappa shape index (κ1) is 9.89. The Bertz CT molecular complexity index is 238. The fraction of sp³-hybridized carbons (Fsp3) is 0.667. The fourth-order valence-electron chi connectivity index (χ4n) is 1.43. The summed E-state index contributed by atoms with van der Waals surface area (Å²) >= 11 is 0. The van der Waals surface area contributed by atoms with E-state index in [0.29, 0.717) is 5.82 Å². The van der Waals surface area contributed by atoms with Crippen molar-refractivity contribution in [2.24, 2.45) is 0 Å². The first-order valence-corrected chi connectivity index (χ1v) is 4.83. The number of nitrogens with zero attached hydrogens (tertiary/aromatic N) is 2. The molecule has 0 unspecified atom stereocenters. The molecule has 0 amide bonds. The third kappa shape index (κ3) is 2.37. The van der Waals surface area contributed by atoms with Gasteiger partial charge in [-0.2, -0.15) is 5.10 Å². The quantitative estimate of drug-likeness (QED) is 0.727. The zero-order valence-corrected chi connectivity index (χ0v) is 8.38. The lowest BCUT2D eigenvalue weighted by Gasteiger charge is -2.22. The normalized spacial score (nSPS) is 10.3. The van der Waals surface area contributed by atoms with Crippen LogP contribution in [0.15, 0.2) is 6.20 Å². The van der Waals surface area contributed by atoms with Gasteiger partial charge in [-0.3, -0.25) is 5.10 Å². The molecule has 4 nitrogen and oxygen atoms in total. The van der Waals surface area contributed by atoms with Crippen LogP contribution in [0, 0.1) is 0 Å². The highest BCUT2D eigenvalue weighted by molar-refractivity contribution is 5.61. The predicted octanol–water partition coefficient (Wildman–Crippen LogP) is 1.62. The van der Waals surface area contributed by atoms with Gasteiger partial charge >= 0.3 is 0 Å². The molecule has 3 N–H and O–H groups in total. The highest BCUT2D eigenvalue weighted by Gasteiger charge is 2.08. The van der Waals surface area contributed by atoms with Gasteiger partial charge in [0, 0.05) is 13.1 Å². The zero-order chi connectivity index (χ0) is 9.68. The summed E-state index contributed by atoms with van der Waals surface area (Å²) in [5.41, 5.74) is 6.77. The van der Waals surface area contributed by atoms with Crippen LogP contribution >= 0.6 is 0 Å². The molecule has 1 rings (SSSR count). The number of aromatic nitrogens is 2. The maximum Gasteiger partial charge on any atom is 0.142 e. The SMILES string of the molecule is CCCN(CCC)c1cn[nH]c1N. The van der Waals surface area contributed by atoms with E-state index in [1.54, 1.807) is 6.20 Å². The minimum Gasteiger partial charge on any atom is -0.382 e. The van der Waals surface area contributed by atoms with Crippen molar-refractivity contribution in [1.29, 1.82) is 0 Å². The van der Waals surface area contributed by atoms with Crippen LogP contribution in [0.2, 0.25) is 0 Å². The average molecular weight is 182 g/mol. The molecule has 4 heteroatoms. The van der Waals surface area contributed by atoms with E-state index in [9.17, 15) is 0 Å². The Labute approximate surface area is 79.1 Å². The Kier molecular flexibility index (Phi) is 3.61. The molecule has 0 spiro atoms. The second-order valence-corrected chi connectivity index (χ2v) is 3.16. The van der Waals surface area contributed by atoms with Crippen LogP contribution in [0.4, 0.5) is 11.5 Å². The van der Waals surface area contributed by atoms with Gasteiger partial charge in [0.05, 0.1) is 11.9 Å². The lowest BCUT2D eigenvalue weighted by atomic mass is 10.3. The number of aromatic amines is 1. The van der Waals surface area contributed by atoms with Crippen molar-refractivity contribution in [3.63, 3.8) is 0 Å². The molecular formula is C9H18N4. The van der Waals surface area contributed by atoms with E-state index in [-0.39, 0.29) is 0 Å². The van der Waals surface area contributed by atoms with Crippen molar-refractivity contribution < 1.29 is 0 Å². The maximum absolute atomic E-state index is 5.74. The molecule has 13 heavy (non-hydrogen) atoms. The van der Waals surface area contributed by atoms with Gasteiger partial charge in [-0.25, -0.2) is 0 Å². The van der Waals surface area contributed by atoms with Crippen LogP contribution in [0.25, 0.3) is 0 Å². The number of anilines is 2. The van der Waals surface area contributed by atoms with Crippen molar-refractivity contribution in [3.8, 4) is 0 Å². The monoisotopic (exact) mass is 182 g/mol. The van der Waals surface area contributed by atoms with E-state index in [1.807, 2.05) is 0 Å². The lowest BCUT2D eigenvalue weighted by Crippen LogP contribution is -2.25. The van der Waals surface area contributed by atoms with E-state index < -0.39 is 0 Å². The molecule has 0 fully saturated rings. The molecule has 74 valence electrons. The average Bonchev–Trinajstić information content (AvgIpc) is 2.51. The maximum atomic E-state index is 5.74. The molecule has 1 aromatic heterocycles. The molecule has 0 aliphatic rings. The van der Waals surface area contributed by atoms with Crippen LogP contribution < -0.4 is 10.6 Å². The Balaban J connectivity index is 2.69. The molecule has 0 radical (unpaired) electrons. The number of nitrogens with one attached hydrogen (secondary N) is 1. The molecule has 0 atom stereocenters. The Morgan fingerprint density at radius 2 is 2.00 bits per heavy atom. The molecule has 0 bridgehead atoms. The number of H-pyrrole nitrogens is 1. The first-order chi connectivity index (χ1) is 6.29. The van der Waals surface area contributed by atoms with E-state index in [4.69, 9.17) is 5.73 Å². The zero-order valence-electron chi connectivity index (χ0n) is 8.38. The predicted molar refractivity (Wildman–Crippen MR) is 55.8 cm³/mol. The van der Waals surface area contributed by atoms with Crippen molar-refractivity contribution in [1.82, 2.24) is 10.2 Å². The molecule has 0 saturated heterocycles. The molecule has 1 heterocycles. The summed E-state index contributed by atoms with van der Waals surface area (Å²) in [5.74, 6) is 0.668. The van der Waals surface area contributed by atoms with Gasteiger partial charge in [-0.15, -0.1) is 0 Å². The molecule has 0 saturated carbocycles. The van der Waals surface area contributed by atoms with E-state index in [0.717, 1.165) is 31.6 Å². The van der Waals surface area contributed by atoms with E-state index >= 15 is 0 Å². The minimum absolute atomic E-state index is 0.668. The number of nitrogen functional groups attached to an aromatic ring is 1. The molecule has 0 aliphatic carbocycles. The highest BCUT2D eigenvalue weighted by atomic mass is 15.2.